The summed E-state index contributed by atoms with van der Waals surface area (Å²) in [7, 11) is -1.54. The molecule has 5 heteroatoms. The summed E-state index contributed by atoms with van der Waals surface area (Å²) < 4.78 is 10.7. The van der Waals surface area contributed by atoms with E-state index in [0.717, 1.165) is 12.8 Å². The van der Waals surface area contributed by atoms with Crippen molar-refractivity contribution in [2.45, 2.75) is 59.7 Å². The lowest BCUT2D eigenvalue weighted by Crippen LogP contribution is -2.45. The number of esters is 2. The third-order valence-corrected chi connectivity index (χ3v) is 8.05. The number of carbonyl (C=O) groups excluding carboxylic acids is 2. The van der Waals surface area contributed by atoms with Crippen molar-refractivity contribution >= 4 is 20.0 Å². The molecule has 0 saturated heterocycles. The Labute approximate surface area is 152 Å². The fraction of sp³-hybridized carbons (Fsp3) is 0.700. The van der Waals surface area contributed by atoms with E-state index in [-0.39, 0.29) is 25.0 Å². The summed E-state index contributed by atoms with van der Waals surface area (Å²) in [6.45, 7) is 13.1. The van der Waals surface area contributed by atoms with Crippen LogP contribution < -0.4 is 0 Å². The number of rotatable bonds is 5. The molecule has 0 bridgehead atoms. The summed E-state index contributed by atoms with van der Waals surface area (Å²) in [5.41, 5.74) is 0.0834. The zero-order valence-electron chi connectivity index (χ0n) is 16.5. The molecule has 0 spiro atoms. The van der Waals surface area contributed by atoms with E-state index >= 15 is 0 Å². The lowest BCUT2D eigenvalue weighted by Gasteiger charge is -2.29. The third kappa shape index (κ3) is 3.48. The van der Waals surface area contributed by atoms with Crippen molar-refractivity contribution in [3.8, 4) is 0 Å². The summed E-state index contributed by atoms with van der Waals surface area (Å²) in [5.74, 6) is -0.881. The zero-order valence-corrected chi connectivity index (χ0v) is 17.5. The normalized spacial score (nSPS) is 25.4. The maximum atomic E-state index is 12.9. The SMILES string of the molecule is CCOC(=O)C1(C(=O)OCC)CC2=C([Si](C)(C)C)CCC=C[C@H]2[C@@H]1C. The van der Waals surface area contributed by atoms with Crippen LogP contribution in [0.2, 0.25) is 19.6 Å². The molecule has 140 valence electrons. The van der Waals surface area contributed by atoms with E-state index < -0.39 is 25.4 Å². The number of hydrogen-bond donors (Lipinski definition) is 0. The molecule has 0 aromatic carbocycles. The Kier molecular flexibility index (Phi) is 5.97. The van der Waals surface area contributed by atoms with Gasteiger partial charge in [0.1, 0.15) is 0 Å². The molecule has 0 heterocycles. The smallest absolute Gasteiger partial charge is 0.324 e. The van der Waals surface area contributed by atoms with Gasteiger partial charge in [0.15, 0.2) is 5.41 Å². The van der Waals surface area contributed by atoms with Gasteiger partial charge in [-0.1, -0.05) is 49.5 Å². The first-order chi connectivity index (χ1) is 11.7. The summed E-state index contributed by atoms with van der Waals surface area (Å²) >= 11 is 0. The molecule has 0 amide bonds. The van der Waals surface area contributed by atoms with Crippen molar-refractivity contribution in [1.82, 2.24) is 0 Å². The quantitative estimate of drug-likeness (QED) is 0.316. The topological polar surface area (TPSA) is 52.6 Å². The van der Waals surface area contributed by atoms with Gasteiger partial charge >= 0.3 is 11.9 Å². The zero-order chi connectivity index (χ0) is 18.8. The molecule has 0 unspecified atom stereocenters. The summed E-state index contributed by atoms with van der Waals surface area (Å²) in [4.78, 5) is 25.8. The highest BCUT2D eigenvalue weighted by Crippen LogP contribution is 2.55. The molecular formula is C20H32O4Si. The molecule has 0 N–H and O–H groups in total. The second-order valence-electron chi connectivity index (χ2n) is 8.12. The minimum absolute atomic E-state index is 0.123. The highest BCUT2D eigenvalue weighted by Gasteiger charge is 2.61. The molecule has 0 radical (unpaired) electrons. The van der Waals surface area contributed by atoms with Crippen LogP contribution >= 0.6 is 0 Å². The predicted molar refractivity (Wildman–Crippen MR) is 102 cm³/mol. The Hall–Kier alpha value is -1.36. The third-order valence-electron chi connectivity index (χ3n) is 5.66. The highest BCUT2D eigenvalue weighted by atomic mass is 28.3. The molecule has 2 aliphatic carbocycles. The van der Waals surface area contributed by atoms with Crippen molar-refractivity contribution < 1.29 is 19.1 Å². The molecule has 2 aliphatic rings. The Morgan fingerprint density at radius 1 is 1.16 bits per heavy atom. The molecule has 25 heavy (non-hydrogen) atoms. The van der Waals surface area contributed by atoms with Gasteiger partial charge in [0.2, 0.25) is 0 Å². The number of fused-ring (bicyclic) bond motifs is 1. The van der Waals surface area contributed by atoms with Gasteiger partial charge in [-0.05, 0) is 39.0 Å². The van der Waals surface area contributed by atoms with Gasteiger partial charge in [-0.3, -0.25) is 9.59 Å². The van der Waals surface area contributed by atoms with E-state index in [9.17, 15) is 9.59 Å². The number of ether oxygens (including phenoxy) is 2. The summed E-state index contributed by atoms with van der Waals surface area (Å²) in [5, 5.41) is 1.50. The van der Waals surface area contributed by atoms with Crippen molar-refractivity contribution in [3.63, 3.8) is 0 Å². The van der Waals surface area contributed by atoms with Crippen molar-refractivity contribution in [3.05, 3.63) is 22.9 Å². The van der Waals surface area contributed by atoms with Gasteiger partial charge in [0.05, 0.1) is 21.3 Å². The Bertz CT molecular complexity index is 579. The molecule has 4 nitrogen and oxygen atoms in total. The van der Waals surface area contributed by atoms with E-state index in [0.29, 0.717) is 6.42 Å². The van der Waals surface area contributed by atoms with Gasteiger partial charge < -0.3 is 9.47 Å². The number of carbonyl (C=O) groups is 2. The summed E-state index contributed by atoms with van der Waals surface area (Å²) in [6, 6.07) is 0. The predicted octanol–water partition coefficient (Wildman–Crippen LogP) is 4.28. The highest BCUT2D eigenvalue weighted by molar-refractivity contribution is 6.83. The van der Waals surface area contributed by atoms with Crippen LogP contribution in [0.4, 0.5) is 0 Å². The number of hydrogen-bond acceptors (Lipinski definition) is 4. The Morgan fingerprint density at radius 2 is 1.72 bits per heavy atom. The van der Waals surface area contributed by atoms with Crippen LogP contribution in [0.5, 0.6) is 0 Å². The Morgan fingerprint density at radius 3 is 2.20 bits per heavy atom. The molecule has 1 saturated carbocycles. The fourth-order valence-corrected chi connectivity index (χ4v) is 6.50. The molecule has 2 atom stereocenters. The minimum atomic E-state index is -1.54. The van der Waals surface area contributed by atoms with Crippen LogP contribution in [-0.2, 0) is 19.1 Å². The van der Waals surface area contributed by atoms with Crippen LogP contribution in [0.1, 0.15) is 40.0 Å². The maximum Gasteiger partial charge on any atom is 0.324 e. The Balaban J connectivity index is 2.60. The molecule has 0 aromatic heterocycles. The van der Waals surface area contributed by atoms with E-state index in [1.54, 1.807) is 13.8 Å². The van der Waals surface area contributed by atoms with Crippen LogP contribution in [0.3, 0.4) is 0 Å². The van der Waals surface area contributed by atoms with Gasteiger partial charge in [0, 0.05) is 5.92 Å². The van der Waals surface area contributed by atoms with Gasteiger partial charge in [0.25, 0.3) is 0 Å². The molecule has 0 aliphatic heterocycles. The second-order valence-corrected chi connectivity index (χ2v) is 13.2. The van der Waals surface area contributed by atoms with Gasteiger partial charge in [-0.15, -0.1) is 0 Å². The molecule has 2 rings (SSSR count). The van der Waals surface area contributed by atoms with E-state index in [1.165, 1.54) is 10.8 Å². The molecule has 0 aromatic rings. The van der Waals surface area contributed by atoms with E-state index in [4.69, 9.17) is 9.47 Å². The van der Waals surface area contributed by atoms with Crippen LogP contribution in [0.15, 0.2) is 22.9 Å². The maximum absolute atomic E-state index is 12.9. The fourth-order valence-electron chi connectivity index (χ4n) is 4.39. The van der Waals surface area contributed by atoms with Gasteiger partial charge in [-0.25, -0.2) is 0 Å². The largest absolute Gasteiger partial charge is 0.465 e. The minimum Gasteiger partial charge on any atom is -0.465 e. The second kappa shape index (κ2) is 7.48. The monoisotopic (exact) mass is 364 g/mol. The van der Waals surface area contributed by atoms with Crippen molar-refractivity contribution in [2.24, 2.45) is 17.3 Å². The first-order valence-corrected chi connectivity index (χ1v) is 12.9. The average molecular weight is 365 g/mol. The van der Waals surface area contributed by atoms with E-state index in [2.05, 4.69) is 31.8 Å². The lowest BCUT2D eigenvalue weighted by molar-refractivity contribution is -0.175. The van der Waals surface area contributed by atoms with Crippen molar-refractivity contribution in [1.29, 1.82) is 0 Å². The first kappa shape index (κ1) is 20.0. The first-order valence-electron chi connectivity index (χ1n) is 9.43. The van der Waals surface area contributed by atoms with Gasteiger partial charge in [-0.2, -0.15) is 0 Å². The van der Waals surface area contributed by atoms with Crippen LogP contribution in [-0.4, -0.2) is 33.2 Å². The van der Waals surface area contributed by atoms with Crippen molar-refractivity contribution in [2.75, 3.05) is 13.2 Å². The lowest BCUT2D eigenvalue weighted by atomic mass is 9.76. The van der Waals surface area contributed by atoms with Crippen LogP contribution in [0, 0.1) is 17.3 Å². The summed E-state index contributed by atoms with van der Waals surface area (Å²) in [6.07, 6.45) is 6.93. The average Bonchev–Trinajstić information content (AvgIpc) is 2.69. The number of allylic oxidation sites excluding steroid dienone is 4. The van der Waals surface area contributed by atoms with E-state index in [1.807, 2.05) is 6.92 Å². The van der Waals surface area contributed by atoms with Crippen LogP contribution in [0.25, 0.3) is 0 Å². The molecule has 1 fully saturated rings. The molecular weight excluding hydrogens is 332 g/mol. The standard InChI is InChI=1S/C20H32O4Si/c1-7-23-18(21)20(19(22)24-8-2)13-16-15(14(20)3)11-9-10-12-17(16)25(4,5)6/h9,11,14-15H,7-8,10,12-13H2,1-6H3/t14-,15-/m0/s1.